The molecule has 3 nitrogen and oxygen atoms in total. The summed E-state index contributed by atoms with van der Waals surface area (Å²) in [4.78, 5) is 3.89. The van der Waals surface area contributed by atoms with E-state index in [1.165, 1.54) is 0 Å². The molecule has 0 aliphatic carbocycles. The van der Waals surface area contributed by atoms with Crippen LogP contribution in [0.1, 0.15) is 6.42 Å². The monoisotopic (exact) mass is 158 g/mol. The Labute approximate surface area is 64.7 Å². The summed E-state index contributed by atoms with van der Waals surface area (Å²) in [5, 5.41) is 0. The molecule has 0 radical (unpaired) electrons. The van der Waals surface area contributed by atoms with Crippen molar-refractivity contribution in [2.75, 3.05) is 6.67 Å². The number of halogens is 1. The van der Waals surface area contributed by atoms with Crippen molar-refractivity contribution in [3.8, 4) is 0 Å². The molecule has 4 heteroatoms. The lowest BCUT2D eigenvalue weighted by atomic mass is 10.1. The second-order valence-corrected chi connectivity index (χ2v) is 2.40. The number of rotatable bonds is 2. The first-order chi connectivity index (χ1) is 5.26. The van der Waals surface area contributed by atoms with Crippen LogP contribution in [0.5, 0.6) is 0 Å². The van der Waals surface area contributed by atoms with E-state index in [0.29, 0.717) is 6.42 Å². The molecule has 2 atom stereocenters. The van der Waals surface area contributed by atoms with Crippen LogP contribution in [0.25, 0.3) is 0 Å². The van der Waals surface area contributed by atoms with Gasteiger partial charge in [-0.1, -0.05) is 6.08 Å². The molecule has 2 N–H and O–H groups in total. The van der Waals surface area contributed by atoms with E-state index in [4.69, 9.17) is 10.5 Å². The summed E-state index contributed by atoms with van der Waals surface area (Å²) in [5.41, 5.74) is 5.28. The maximum Gasteiger partial charge on any atom is 0.282 e. The maximum atomic E-state index is 12.1. The topological polar surface area (TPSA) is 47.6 Å². The van der Waals surface area contributed by atoms with Crippen LogP contribution in [0.3, 0.4) is 0 Å². The Morgan fingerprint density at radius 1 is 1.91 bits per heavy atom. The Kier molecular flexibility index (Phi) is 2.46. The van der Waals surface area contributed by atoms with Gasteiger partial charge in [0.25, 0.3) is 6.02 Å². The predicted molar refractivity (Wildman–Crippen MR) is 41.1 cm³/mol. The van der Waals surface area contributed by atoms with E-state index >= 15 is 0 Å². The molecular formula is C7H11FN2O. The van der Waals surface area contributed by atoms with Crippen molar-refractivity contribution in [1.82, 2.24) is 0 Å². The first-order valence-corrected chi connectivity index (χ1v) is 3.44. The minimum absolute atomic E-state index is 0.0591. The summed E-state index contributed by atoms with van der Waals surface area (Å²) in [6, 6.07) is -0.0340. The summed E-state index contributed by atoms with van der Waals surface area (Å²) in [6.07, 6.45) is 1.72. The highest BCUT2D eigenvalue weighted by Crippen LogP contribution is 2.13. The van der Waals surface area contributed by atoms with E-state index in [1.807, 2.05) is 0 Å². The van der Waals surface area contributed by atoms with Gasteiger partial charge >= 0.3 is 0 Å². The number of alkyl halides is 1. The van der Waals surface area contributed by atoms with Crippen molar-refractivity contribution in [3.63, 3.8) is 0 Å². The van der Waals surface area contributed by atoms with Gasteiger partial charge in [-0.25, -0.2) is 9.38 Å². The van der Waals surface area contributed by atoms with Crippen LogP contribution in [-0.4, -0.2) is 24.8 Å². The standard InChI is InChI=1S/C7H11FN2O/c1-2-5-3-6(4-8)11-7(9)10-5/h2,5-6H,1,3-4H2,(H2,9,10)/t5?,6-/m0/s1. The summed E-state index contributed by atoms with van der Waals surface area (Å²) in [6.45, 7) is 3.02. The van der Waals surface area contributed by atoms with Crippen molar-refractivity contribution < 1.29 is 9.13 Å². The molecule has 0 aromatic carbocycles. The zero-order valence-corrected chi connectivity index (χ0v) is 6.16. The molecule has 0 aromatic heterocycles. The Balaban J connectivity index is 2.60. The third kappa shape index (κ3) is 1.93. The third-order valence-electron chi connectivity index (χ3n) is 1.53. The van der Waals surface area contributed by atoms with E-state index < -0.39 is 12.8 Å². The minimum atomic E-state index is -0.527. The highest BCUT2D eigenvalue weighted by molar-refractivity contribution is 5.72. The molecule has 0 saturated heterocycles. The fraction of sp³-hybridized carbons (Fsp3) is 0.571. The van der Waals surface area contributed by atoms with Gasteiger partial charge in [-0.15, -0.1) is 6.58 Å². The molecule has 0 spiro atoms. The Bertz CT molecular complexity index is 181. The summed E-state index contributed by atoms with van der Waals surface area (Å²) in [5.74, 6) is 0. The van der Waals surface area contributed by atoms with Crippen LogP contribution in [0.2, 0.25) is 0 Å². The predicted octanol–water partition coefficient (Wildman–Crippen LogP) is 0.614. The van der Waals surface area contributed by atoms with E-state index in [1.54, 1.807) is 6.08 Å². The normalized spacial score (nSPS) is 30.5. The molecule has 1 aliphatic heterocycles. The van der Waals surface area contributed by atoms with Gasteiger partial charge in [0, 0.05) is 6.42 Å². The van der Waals surface area contributed by atoms with Gasteiger partial charge in [-0.3, -0.25) is 0 Å². The van der Waals surface area contributed by atoms with Crippen LogP contribution in [0.4, 0.5) is 4.39 Å². The van der Waals surface area contributed by atoms with Crippen LogP contribution < -0.4 is 5.73 Å². The van der Waals surface area contributed by atoms with Gasteiger partial charge in [0.2, 0.25) is 0 Å². The summed E-state index contributed by atoms with van der Waals surface area (Å²) < 4.78 is 17.0. The summed E-state index contributed by atoms with van der Waals surface area (Å²) >= 11 is 0. The number of hydrogen-bond acceptors (Lipinski definition) is 3. The van der Waals surface area contributed by atoms with Gasteiger partial charge < -0.3 is 10.5 Å². The SMILES string of the molecule is C=CC1C[C@@H](CF)OC(N)=N1. The van der Waals surface area contributed by atoms with Crippen LogP contribution in [-0.2, 0) is 4.74 Å². The molecule has 1 heterocycles. The highest BCUT2D eigenvalue weighted by Gasteiger charge is 2.21. The quantitative estimate of drug-likeness (QED) is 0.598. The van der Waals surface area contributed by atoms with Gasteiger partial charge in [-0.05, 0) is 0 Å². The molecule has 62 valence electrons. The number of nitrogens with zero attached hydrogens (tertiary/aromatic N) is 1. The number of ether oxygens (including phenoxy) is 1. The zero-order chi connectivity index (χ0) is 8.27. The second-order valence-electron chi connectivity index (χ2n) is 2.40. The molecular weight excluding hydrogens is 147 g/mol. The lowest BCUT2D eigenvalue weighted by Gasteiger charge is -2.22. The van der Waals surface area contributed by atoms with Gasteiger partial charge in [0.1, 0.15) is 12.8 Å². The Hall–Kier alpha value is -1.06. The molecule has 0 bridgehead atoms. The highest BCUT2D eigenvalue weighted by atomic mass is 19.1. The zero-order valence-electron chi connectivity index (χ0n) is 6.16. The third-order valence-corrected chi connectivity index (χ3v) is 1.53. The molecule has 1 aliphatic rings. The fourth-order valence-corrected chi connectivity index (χ4v) is 0.978. The van der Waals surface area contributed by atoms with Crippen molar-refractivity contribution >= 4 is 6.02 Å². The first-order valence-electron chi connectivity index (χ1n) is 3.44. The number of hydrogen-bond donors (Lipinski definition) is 1. The van der Waals surface area contributed by atoms with Crippen molar-refractivity contribution in [1.29, 1.82) is 0 Å². The van der Waals surface area contributed by atoms with Gasteiger partial charge in [0.15, 0.2) is 0 Å². The Morgan fingerprint density at radius 3 is 3.18 bits per heavy atom. The van der Waals surface area contributed by atoms with Crippen LogP contribution in [0.15, 0.2) is 17.6 Å². The van der Waals surface area contributed by atoms with Gasteiger partial charge in [-0.2, -0.15) is 0 Å². The van der Waals surface area contributed by atoms with Crippen molar-refractivity contribution in [2.45, 2.75) is 18.6 Å². The number of amidine groups is 1. The van der Waals surface area contributed by atoms with Crippen molar-refractivity contribution in [3.05, 3.63) is 12.7 Å². The Morgan fingerprint density at radius 2 is 2.64 bits per heavy atom. The average Bonchev–Trinajstić information content (AvgIpc) is 2.03. The molecule has 0 aromatic rings. The average molecular weight is 158 g/mol. The molecule has 1 rings (SSSR count). The lowest BCUT2D eigenvalue weighted by molar-refractivity contribution is 0.123. The van der Waals surface area contributed by atoms with Gasteiger partial charge in [0.05, 0.1) is 6.04 Å². The fourth-order valence-electron chi connectivity index (χ4n) is 0.978. The molecule has 0 saturated carbocycles. The van der Waals surface area contributed by atoms with Crippen LogP contribution in [0, 0.1) is 0 Å². The van der Waals surface area contributed by atoms with Crippen molar-refractivity contribution in [2.24, 2.45) is 10.7 Å². The maximum absolute atomic E-state index is 12.1. The minimum Gasteiger partial charge on any atom is -0.459 e. The van der Waals surface area contributed by atoms with E-state index in [9.17, 15) is 4.39 Å². The lowest BCUT2D eigenvalue weighted by Crippen LogP contribution is -2.34. The van der Waals surface area contributed by atoms with E-state index in [0.717, 1.165) is 0 Å². The van der Waals surface area contributed by atoms with E-state index in [2.05, 4.69) is 11.6 Å². The second kappa shape index (κ2) is 3.37. The smallest absolute Gasteiger partial charge is 0.282 e. The molecule has 1 unspecified atom stereocenters. The largest absolute Gasteiger partial charge is 0.459 e. The number of nitrogens with two attached hydrogens (primary N) is 1. The van der Waals surface area contributed by atoms with E-state index in [-0.39, 0.29) is 12.1 Å². The summed E-state index contributed by atoms with van der Waals surface area (Å²) in [7, 11) is 0. The first kappa shape index (κ1) is 8.04. The molecule has 11 heavy (non-hydrogen) atoms. The van der Waals surface area contributed by atoms with Crippen LogP contribution >= 0.6 is 0 Å². The number of aliphatic imine (C=N–C) groups is 1. The molecule has 0 fully saturated rings. The molecule has 0 amide bonds.